The zero-order chi connectivity index (χ0) is 17.3. The summed E-state index contributed by atoms with van der Waals surface area (Å²) in [5, 5.41) is 11.7. The normalized spacial score (nSPS) is 12.2. The minimum Gasteiger partial charge on any atom is -0.505 e. The van der Waals surface area contributed by atoms with Crippen molar-refractivity contribution >= 4 is 22.5 Å². The van der Waals surface area contributed by atoms with E-state index >= 15 is 0 Å². The number of halogens is 1. The predicted octanol–water partition coefficient (Wildman–Crippen LogP) is 3.66. The van der Waals surface area contributed by atoms with Crippen molar-refractivity contribution in [3.63, 3.8) is 0 Å². The van der Waals surface area contributed by atoms with E-state index in [-0.39, 0.29) is 5.75 Å². The molecule has 0 fully saturated rings. The Hall–Kier alpha value is -2.50. The average molecular weight is 345 g/mol. The Morgan fingerprint density at radius 3 is 2.58 bits per heavy atom. The highest BCUT2D eigenvalue weighted by Gasteiger charge is 2.19. The number of benzene rings is 2. The quantitative estimate of drug-likeness (QED) is 0.755. The van der Waals surface area contributed by atoms with Gasteiger partial charge in [0, 0.05) is 17.1 Å². The number of pyridine rings is 1. The number of hydrogen-bond donors (Lipinski definition) is 2. The van der Waals surface area contributed by atoms with Gasteiger partial charge in [0.1, 0.15) is 11.3 Å². The topological polar surface area (TPSA) is 77.6 Å². The van der Waals surface area contributed by atoms with Gasteiger partial charge in [0.15, 0.2) is 11.5 Å². The SMILES string of the molecule is COc1ccc(C(N)c2cc(Cl)c3cccnc3c2O)cc1OC. The molecule has 2 aromatic carbocycles. The molecule has 0 saturated carbocycles. The minimum atomic E-state index is -0.589. The maximum atomic E-state index is 10.6. The van der Waals surface area contributed by atoms with E-state index in [4.69, 9.17) is 26.8 Å². The van der Waals surface area contributed by atoms with Crippen LogP contribution in [0.1, 0.15) is 17.2 Å². The Labute approximate surface area is 144 Å². The molecule has 3 aromatic rings. The van der Waals surface area contributed by atoms with Crippen molar-refractivity contribution in [3.8, 4) is 17.2 Å². The Balaban J connectivity index is 2.12. The van der Waals surface area contributed by atoms with Crippen LogP contribution in [-0.4, -0.2) is 24.3 Å². The Kier molecular flexibility index (Phi) is 4.46. The molecule has 5 nitrogen and oxygen atoms in total. The van der Waals surface area contributed by atoms with Gasteiger partial charge in [-0.25, -0.2) is 0 Å². The van der Waals surface area contributed by atoms with E-state index in [0.717, 1.165) is 5.56 Å². The summed E-state index contributed by atoms with van der Waals surface area (Å²) in [6.45, 7) is 0. The molecule has 124 valence electrons. The van der Waals surface area contributed by atoms with E-state index in [2.05, 4.69) is 4.98 Å². The molecule has 3 N–H and O–H groups in total. The molecule has 1 atom stereocenters. The van der Waals surface area contributed by atoms with Crippen LogP contribution in [0.25, 0.3) is 10.9 Å². The first kappa shape index (κ1) is 16.4. The third-order valence-electron chi connectivity index (χ3n) is 3.95. The number of nitrogens with zero attached hydrogens (tertiary/aromatic N) is 1. The van der Waals surface area contributed by atoms with Crippen LogP contribution in [0.5, 0.6) is 17.2 Å². The Bertz CT molecular complexity index is 899. The Morgan fingerprint density at radius 2 is 1.88 bits per heavy atom. The standard InChI is InChI=1S/C18H17ClN2O3/c1-23-14-6-5-10(8-15(14)24-2)16(20)12-9-13(19)11-4-3-7-21-17(11)18(12)22/h3-9,16,22H,20H2,1-2H3. The largest absolute Gasteiger partial charge is 0.505 e. The van der Waals surface area contributed by atoms with E-state index in [0.29, 0.717) is 33.0 Å². The third kappa shape index (κ3) is 2.72. The first-order valence-electron chi connectivity index (χ1n) is 7.30. The number of phenolic OH excluding ortho intramolecular Hbond substituents is 1. The smallest absolute Gasteiger partial charge is 0.161 e. The van der Waals surface area contributed by atoms with Crippen molar-refractivity contribution in [1.29, 1.82) is 0 Å². The van der Waals surface area contributed by atoms with Gasteiger partial charge in [0.2, 0.25) is 0 Å². The third-order valence-corrected chi connectivity index (χ3v) is 4.26. The summed E-state index contributed by atoms with van der Waals surface area (Å²) in [5.41, 5.74) is 8.03. The molecular weight excluding hydrogens is 328 g/mol. The summed E-state index contributed by atoms with van der Waals surface area (Å²) < 4.78 is 10.5. The van der Waals surface area contributed by atoms with Crippen LogP contribution in [0.2, 0.25) is 5.02 Å². The highest BCUT2D eigenvalue weighted by molar-refractivity contribution is 6.35. The molecule has 0 aliphatic carbocycles. The summed E-state index contributed by atoms with van der Waals surface area (Å²) in [6, 6.07) is 10.0. The molecule has 0 aliphatic heterocycles. The zero-order valence-electron chi connectivity index (χ0n) is 13.3. The van der Waals surface area contributed by atoms with E-state index < -0.39 is 6.04 Å². The minimum absolute atomic E-state index is 0.0253. The molecule has 1 aromatic heterocycles. The average Bonchev–Trinajstić information content (AvgIpc) is 2.63. The fraction of sp³-hybridized carbons (Fsp3) is 0.167. The van der Waals surface area contributed by atoms with E-state index in [1.54, 1.807) is 50.7 Å². The van der Waals surface area contributed by atoms with Crippen LogP contribution in [0.15, 0.2) is 42.6 Å². The molecule has 1 heterocycles. The van der Waals surface area contributed by atoms with Gasteiger partial charge in [-0.15, -0.1) is 0 Å². The van der Waals surface area contributed by atoms with E-state index in [1.807, 2.05) is 6.07 Å². The number of ether oxygens (including phenoxy) is 2. The van der Waals surface area contributed by atoms with Crippen LogP contribution in [0.4, 0.5) is 0 Å². The molecule has 0 aliphatic rings. The summed E-state index contributed by atoms with van der Waals surface area (Å²) in [4.78, 5) is 4.20. The van der Waals surface area contributed by atoms with Crippen LogP contribution < -0.4 is 15.2 Å². The number of fused-ring (bicyclic) bond motifs is 1. The summed E-state index contributed by atoms with van der Waals surface area (Å²) in [6.07, 6.45) is 1.60. The van der Waals surface area contributed by atoms with E-state index in [1.165, 1.54) is 0 Å². The molecule has 0 saturated heterocycles. The van der Waals surface area contributed by atoms with Gasteiger partial charge in [0.25, 0.3) is 0 Å². The highest BCUT2D eigenvalue weighted by Crippen LogP contribution is 2.39. The summed E-state index contributed by atoms with van der Waals surface area (Å²) in [7, 11) is 3.12. The molecule has 0 bridgehead atoms. The molecule has 1 unspecified atom stereocenters. The monoisotopic (exact) mass is 344 g/mol. The lowest BCUT2D eigenvalue weighted by Gasteiger charge is -2.18. The molecule has 24 heavy (non-hydrogen) atoms. The molecule has 0 amide bonds. The van der Waals surface area contributed by atoms with Crippen LogP contribution >= 0.6 is 11.6 Å². The summed E-state index contributed by atoms with van der Waals surface area (Å²) >= 11 is 6.32. The lowest BCUT2D eigenvalue weighted by atomic mass is 9.96. The van der Waals surface area contributed by atoms with Gasteiger partial charge in [-0.2, -0.15) is 0 Å². The molecule has 6 heteroatoms. The number of aromatic hydroxyl groups is 1. The van der Waals surface area contributed by atoms with Crippen LogP contribution in [-0.2, 0) is 0 Å². The maximum Gasteiger partial charge on any atom is 0.161 e. The van der Waals surface area contributed by atoms with E-state index in [9.17, 15) is 5.11 Å². The second-order valence-corrected chi connectivity index (χ2v) is 5.70. The number of phenols is 1. The number of rotatable bonds is 4. The lowest BCUT2D eigenvalue weighted by Crippen LogP contribution is -2.12. The van der Waals surface area contributed by atoms with Crippen molar-refractivity contribution in [2.75, 3.05) is 14.2 Å². The van der Waals surface area contributed by atoms with Gasteiger partial charge < -0.3 is 20.3 Å². The first-order valence-corrected chi connectivity index (χ1v) is 7.68. The fourth-order valence-corrected chi connectivity index (χ4v) is 2.94. The first-order chi connectivity index (χ1) is 11.6. The molecular formula is C18H17ClN2O3. The molecule has 0 radical (unpaired) electrons. The van der Waals surface area contributed by atoms with Crippen molar-refractivity contribution in [1.82, 2.24) is 4.98 Å². The van der Waals surface area contributed by atoms with Gasteiger partial charge >= 0.3 is 0 Å². The van der Waals surface area contributed by atoms with Gasteiger partial charge in [-0.3, -0.25) is 4.98 Å². The zero-order valence-corrected chi connectivity index (χ0v) is 14.0. The number of nitrogens with two attached hydrogens (primary N) is 1. The van der Waals surface area contributed by atoms with Crippen molar-refractivity contribution in [2.24, 2.45) is 5.73 Å². The van der Waals surface area contributed by atoms with Gasteiger partial charge in [-0.05, 0) is 35.9 Å². The molecule has 0 spiro atoms. The van der Waals surface area contributed by atoms with Gasteiger partial charge in [0.05, 0.1) is 25.3 Å². The van der Waals surface area contributed by atoms with Crippen molar-refractivity contribution < 1.29 is 14.6 Å². The second-order valence-electron chi connectivity index (χ2n) is 5.29. The van der Waals surface area contributed by atoms with Crippen LogP contribution in [0, 0.1) is 0 Å². The summed E-state index contributed by atoms with van der Waals surface area (Å²) in [5.74, 6) is 1.20. The highest BCUT2D eigenvalue weighted by atomic mass is 35.5. The number of hydrogen-bond acceptors (Lipinski definition) is 5. The maximum absolute atomic E-state index is 10.6. The lowest BCUT2D eigenvalue weighted by molar-refractivity contribution is 0.354. The second kappa shape index (κ2) is 6.55. The number of methoxy groups -OCH3 is 2. The predicted molar refractivity (Wildman–Crippen MR) is 94.0 cm³/mol. The molecule has 3 rings (SSSR count). The van der Waals surface area contributed by atoms with Crippen LogP contribution in [0.3, 0.4) is 0 Å². The number of aromatic nitrogens is 1. The van der Waals surface area contributed by atoms with Crippen molar-refractivity contribution in [2.45, 2.75) is 6.04 Å². The van der Waals surface area contributed by atoms with Gasteiger partial charge in [-0.1, -0.05) is 17.7 Å². The van der Waals surface area contributed by atoms with Crippen molar-refractivity contribution in [3.05, 3.63) is 58.7 Å². The Morgan fingerprint density at radius 1 is 1.12 bits per heavy atom. The fourth-order valence-electron chi connectivity index (χ4n) is 2.67.